The van der Waals surface area contributed by atoms with Crippen LogP contribution in [0.5, 0.6) is 0 Å². The van der Waals surface area contributed by atoms with Gasteiger partial charge in [0.2, 0.25) is 0 Å². The maximum Gasteiger partial charge on any atom is 0.309 e. The zero-order chi connectivity index (χ0) is 11.5. The maximum absolute atomic E-state index is 11.0. The Balaban J connectivity index is 4.89. The van der Waals surface area contributed by atoms with Crippen molar-refractivity contribution in [1.29, 1.82) is 0 Å². The van der Waals surface area contributed by atoms with E-state index in [0.29, 0.717) is 0 Å². The average molecular weight is 204 g/mol. The molecule has 0 fully saturated rings. The number of hydrogen-bond acceptors (Lipinski definition) is 3. The second kappa shape index (κ2) is 4.75. The molecule has 0 saturated heterocycles. The first-order valence-electron chi connectivity index (χ1n) is 4.73. The quantitative estimate of drug-likeness (QED) is 0.704. The lowest BCUT2D eigenvalue weighted by atomic mass is 9.78. The van der Waals surface area contributed by atoms with Crippen LogP contribution in [-0.2, 0) is 9.53 Å². The van der Waals surface area contributed by atoms with Crippen LogP contribution in [0.1, 0.15) is 27.7 Å². The van der Waals surface area contributed by atoms with E-state index in [0.717, 1.165) is 0 Å². The first kappa shape index (κ1) is 13.4. The van der Waals surface area contributed by atoms with Crippen molar-refractivity contribution in [2.45, 2.75) is 39.4 Å². The molecule has 0 saturated carbocycles. The summed E-state index contributed by atoms with van der Waals surface area (Å²) in [6, 6.07) is 0. The molecule has 0 bridgehead atoms. The predicted molar refractivity (Wildman–Crippen MR) is 53.1 cm³/mol. The van der Waals surface area contributed by atoms with Crippen molar-refractivity contribution >= 4 is 5.97 Å². The molecule has 0 rings (SSSR count). The van der Waals surface area contributed by atoms with E-state index in [9.17, 15) is 9.90 Å². The van der Waals surface area contributed by atoms with E-state index in [4.69, 9.17) is 9.84 Å². The molecule has 0 aromatic carbocycles. The first-order valence-corrected chi connectivity index (χ1v) is 4.73. The summed E-state index contributed by atoms with van der Waals surface area (Å²) in [4.78, 5) is 11.0. The summed E-state index contributed by atoms with van der Waals surface area (Å²) in [5, 5.41) is 19.1. The molecule has 3 atom stereocenters. The monoisotopic (exact) mass is 204 g/mol. The van der Waals surface area contributed by atoms with Crippen LogP contribution in [0.4, 0.5) is 0 Å². The van der Waals surface area contributed by atoms with E-state index in [-0.39, 0.29) is 5.92 Å². The zero-order valence-electron chi connectivity index (χ0n) is 9.44. The van der Waals surface area contributed by atoms with Crippen LogP contribution in [-0.4, -0.2) is 35.0 Å². The van der Waals surface area contributed by atoms with Gasteiger partial charge in [0.25, 0.3) is 0 Å². The molecular weight excluding hydrogens is 184 g/mol. The largest absolute Gasteiger partial charge is 0.481 e. The summed E-state index contributed by atoms with van der Waals surface area (Å²) in [7, 11) is 1.46. The number of aliphatic carboxylic acids is 1. The van der Waals surface area contributed by atoms with E-state index < -0.39 is 23.6 Å². The molecule has 84 valence electrons. The SMILES string of the molecule is COC(C)C(C)(O)C(C(=O)O)C(C)C. The van der Waals surface area contributed by atoms with Crippen LogP contribution in [0.3, 0.4) is 0 Å². The molecule has 4 heteroatoms. The lowest BCUT2D eigenvalue weighted by molar-refractivity contribution is -0.167. The lowest BCUT2D eigenvalue weighted by Gasteiger charge is -2.36. The number of carboxylic acids is 1. The topological polar surface area (TPSA) is 66.8 Å². The minimum Gasteiger partial charge on any atom is -0.481 e. The number of ether oxygens (including phenoxy) is 1. The fraction of sp³-hybridized carbons (Fsp3) is 0.900. The summed E-state index contributed by atoms with van der Waals surface area (Å²) in [6.07, 6.45) is -0.508. The number of carboxylic acid groups (broad SMARTS) is 1. The smallest absolute Gasteiger partial charge is 0.309 e. The highest BCUT2D eigenvalue weighted by molar-refractivity contribution is 5.71. The van der Waals surface area contributed by atoms with Crippen molar-refractivity contribution in [3.63, 3.8) is 0 Å². The Kier molecular flexibility index (Phi) is 4.55. The Morgan fingerprint density at radius 2 is 1.79 bits per heavy atom. The van der Waals surface area contributed by atoms with Crippen molar-refractivity contribution < 1.29 is 19.7 Å². The molecule has 4 nitrogen and oxygen atoms in total. The van der Waals surface area contributed by atoms with Gasteiger partial charge in [0, 0.05) is 7.11 Å². The predicted octanol–water partition coefficient (Wildman–Crippen LogP) is 1.13. The van der Waals surface area contributed by atoms with Crippen LogP contribution in [0.2, 0.25) is 0 Å². The first-order chi connectivity index (χ1) is 6.25. The van der Waals surface area contributed by atoms with Gasteiger partial charge in [0.15, 0.2) is 0 Å². The molecule has 3 unspecified atom stereocenters. The van der Waals surface area contributed by atoms with Gasteiger partial charge >= 0.3 is 5.97 Å². The maximum atomic E-state index is 11.0. The van der Waals surface area contributed by atoms with Gasteiger partial charge in [-0.25, -0.2) is 0 Å². The van der Waals surface area contributed by atoms with E-state index in [1.54, 1.807) is 20.8 Å². The van der Waals surface area contributed by atoms with Crippen molar-refractivity contribution in [1.82, 2.24) is 0 Å². The number of methoxy groups -OCH3 is 1. The molecule has 0 amide bonds. The van der Waals surface area contributed by atoms with E-state index in [1.807, 2.05) is 0 Å². The molecule has 0 radical (unpaired) electrons. The number of aliphatic hydroxyl groups is 1. The third kappa shape index (κ3) is 2.69. The molecule has 0 aliphatic carbocycles. The molecule has 2 N–H and O–H groups in total. The highest BCUT2D eigenvalue weighted by Crippen LogP contribution is 2.29. The van der Waals surface area contributed by atoms with E-state index in [1.165, 1.54) is 14.0 Å². The van der Waals surface area contributed by atoms with E-state index in [2.05, 4.69) is 0 Å². The van der Waals surface area contributed by atoms with Gasteiger partial charge in [-0.3, -0.25) is 4.79 Å². The molecule has 0 aromatic rings. The molecule has 14 heavy (non-hydrogen) atoms. The van der Waals surface area contributed by atoms with Gasteiger partial charge in [0.1, 0.15) is 5.60 Å². The lowest BCUT2D eigenvalue weighted by Crippen LogP contribution is -2.50. The van der Waals surface area contributed by atoms with Crippen LogP contribution >= 0.6 is 0 Å². The summed E-state index contributed by atoms with van der Waals surface area (Å²) < 4.78 is 4.98. The Hall–Kier alpha value is -0.610. The Morgan fingerprint density at radius 3 is 2.00 bits per heavy atom. The Bertz CT molecular complexity index is 198. The van der Waals surface area contributed by atoms with Crippen molar-refractivity contribution in [2.24, 2.45) is 11.8 Å². The average Bonchev–Trinajstić information content (AvgIpc) is 2.00. The van der Waals surface area contributed by atoms with Gasteiger partial charge in [-0.1, -0.05) is 13.8 Å². The van der Waals surface area contributed by atoms with Crippen molar-refractivity contribution in [3.8, 4) is 0 Å². The molecule has 0 aliphatic heterocycles. The van der Waals surface area contributed by atoms with Crippen LogP contribution < -0.4 is 0 Å². The van der Waals surface area contributed by atoms with Crippen molar-refractivity contribution in [2.75, 3.05) is 7.11 Å². The molecule has 0 spiro atoms. The summed E-state index contributed by atoms with van der Waals surface area (Å²) in [5.41, 5.74) is -1.35. The molecule has 0 heterocycles. The number of rotatable bonds is 5. The molecule has 0 aliphatic rings. The minimum atomic E-state index is -1.35. The zero-order valence-corrected chi connectivity index (χ0v) is 9.44. The van der Waals surface area contributed by atoms with E-state index >= 15 is 0 Å². The van der Waals surface area contributed by atoms with Crippen molar-refractivity contribution in [3.05, 3.63) is 0 Å². The summed E-state index contributed by atoms with van der Waals surface area (Å²) in [6.45, 7) is 6.71. The highest BCUT2D eigenvalue weighted by atomic mass is 16.5. The third-order valence-electron chi connectivity index (χ3n) is 2.74. The second-order valence-corrected chi connectivity index (χ2v) is 4.16. The number of hydrogen-bond donors (Lipinski definition) is 2. The summed E-state index contributed by atoms with van der Waals surface area (Å²) in [5.74, 6) is -1.95. The van der Waals surface area contributed by atoms with Gasteiger partial charge in [-0.2, -0.15) is 0 Å². The highest BCUT2D eigenvalue weighted by Gasteiger charge is 2.43. The third-order valence-corrected chi connectivity index (χ3v) is 2.74. The van der Waals surface area contributed by atoms with Gasteiger partial charge in [-0.15, -0.1) is 0 Å². The Labute approximate surface area is 84.9 Å². The van der Waals surface area contributed by atoms with Crippen LogP contribution in [0, 0.1) is 11.8 Å². The number of carbonyl (C=O) groups is 1. The Morgan fingerprint density at radius 1 is 1.36 bits per heavy atom. The van der Waals surface area contributed by atoms with Gasteiger partial charge < -0.3 is 14.9 Å². The molecule has 0 aromatic heterocycles. The fourth-order valence-corrected chi connectivity index (χ4v) is 1.70. The summed E-state index contributed by atoms with van der Waals surface area (Å²) >= 11 is 0. The van der Waals surface area contributed by atoms with Crippen LogP contribution in [0.15, 0.2) is 0 Å². The molecular formula is C10H20O4. The normalized spacial score (nSPS) is 20.2. The van der Waals surface area contributed by atoms with Crippen LogP contribution in [0.25, 0.3) is 0 Å². The fourth-order valence-electron chi connectivity index (χ4n) is 1.70. The minimum absolute atomic E-state index is 0.139. The van der Waals surface area contributed by atoms with Gasteiger partial charge in [-0.05, 0) is 19.8 Å². The standard InChI is InChI=1S/C10H20O4/c1-6(2)8(9(11)12)10(4,13)7(3)14-5/h6-8,13H,1-5H3,(H,11,12). The second-order valence-electron chi connectivity index (χ2n) is 4.16. The van der Waals surface area contributed by atoms with Gasteiger partial charge in [0.05, 0.1) is 12.0 Å².